The molecule has 0 aromatic rings. The molecule has 0 aliphatic carbocycles. The Morgan fingerprint density at radius 3 is 2.86 bits per heavy atom. The molecule has 0 saturated carbocycles. The van der Waals surface area contributed by atoms with E-state index in [0.29, 0.717) is 0 Å². The van der Waals surface area contributed by atoms with Gasteiger partial charge in [-0.05, 0) is 6.08 Å². The molecule has 0 unspecified atom stereocenters. The average molecular weight is 96.1 g/mol. The highest BCUT2D eigenvalue weighted by Crippen LogP contribution is 1.60. The third kappa shape index (κ3) is 4.70. The lowest BCUT2D eigenvalue weighted by Crippen LogP contribution is -1.58. The van der Waals surface area contributed by atoms with Crippen LogP contribution in [0.3, 0.4) is 0 Å². The van der Waals surface area contributed by atoms with E-state index < -0.39 is 0 Å². The predicted molar refractivity (Wildman–Crippen MR) is 25.0 cm³/mol. The topological polar surface area (TPSA) is 56.4 Å². The molecule has 0 saturated heterocycles. The molecule has 0 bridgehead atoms. The summed E-state index contributed by atoms with van der Waals surface area (Å²) < 4.78 is 0. The first-order valence-electron chi connectivity index (χ1n) is 1.64. The largest absolute Gasteiger partial charge is 0.411 e. The zero-order chi connectivity index (χ0) is 5.54. The summed E-state index contributed by atoms with van der Waals surface area (Å²) in [4.78, 5) is 0. The van der Waals surface area contributed by atoms with Crippen molar-refractivity contribution in [2.45, 2.75) is 0 Å². The van der Waals surface area contributed by atoms with Crippen molar-refractivity contribution in [1.29, 1.82) is 5.26 Å². The molecule has 0 aliphatic rings. The van der Waals surface area contributed by atoms with Gasteiger partial charge in [-0.25, -0.2) is 0 Å². The molecule has 3 nitrogen and oxygen atoms in total. The van der Waals surface area contributed by atoms with Gasteiger partial charge in [0.15, 0.2) is 0 Å². The van der Waals surface area contributed by atoms with Crippen molar-refractivity contribution in [2.24, 2.45) is 5.16 Å². The van der Waals surface area contributed by atoms with E-state index in [1.165, 1.54) is 12.2 Å². The average Bonchev–Trinajstić information content (AvgIpc) is 1.69. The van der Waals surface area contributed by atoms with E-state index >= 15 is 0 Å². The van der Waals surface area contributed by atoms with Crippen molar-refractivity contribution in [1.82, 2.24) is 0 Å². The van der Waals surface area contributed by atoms with Gasteiger partial charge in [-0.2, -0.15) is 5.26 Å². The molecule has 0 spiro atoms. The number of oxime groups is 1. The molecule has 0 rings (SSSR count). The molecule has 36 valence electrons. The second-order valence-electron chi connectivity index (χ2n) is 0.753. The van der Waals surface area contributed by atoms with Crippen LogP contribution in [-0.2, 0) is 0 Å². The Hall–Kier alpha value is -1.30. The van der Waals surface area contributed by atoms with Gasteiger partial charge in [-0.15, -0.1) is 0 Å². The summed E-state index contributed by atoms with van der Waals surface area (Å²) in [6, 6.07) is 1.72. The van der Waals surface area contributed by atoms with Crippen LogP contribution in [0.2, 0.25) is 0 Å². The summed E-state index contributed by atoms with van der Waals surface area (Å²) >= 11 is 0. The molecule has 0 fully saturated rings. The van der Waals surface area contributed by atoms with Crippen molar-refractivity contribution < 1.29 is 5.21 Å². The van der Waals surface area contributed by atoms with E-state index in [1.54, 1.807) is 6.07 Å². The quantitative estimate of drug-likeness (QED) is 0.224. The fourth-order valence-electron chi connectivity index (χ4n) is 0.125. The van der Waals surface area contributed by atoms with Crippen molar-refractivity contribution >= 4 is 6.21 Å². The molecule has 0 radical (unpaired) electrons. The molecule has 0 amide bonds. The maximum Gasteiger partial charge on any atom is 0.0912 e. The molecule has 0 aromatic heterocycles. The van der Waals surface area contributed by atoms with Gasteiger partial charge in [-0.3, -0.25) is 0 Å². The van der Waals surface area contributed by atoms with Crippen LogP contribution >= 0.6 is 0 Å². The number of nitriles is 1. The van der Waals surface area contributed by atoms with Crippen molar-refractivity contribution in [3.05, 3.63) is 12.2 Å². The van der Waals surface area contributed by atoms with Gasteiger partial charge in [-0.1, -0.05) is 5.16 Å². The first kappa shape index (κ1) is 5.70. The van der Waals surface area contributed by atoms with E-state index in [4.69, 9.17) is 10.5 Å². The van der Waals surface area contributed by atoms with Crippen LogP contribution in [0.25, 0.3) is 0 Å². The van der Waals surface area contributed by atoms with E-state index in [0.717, 1.165) is 6.21 Å². The van der Waals surface area contributed by atoms with Gasteiger partial charge in [0.05, 0.1) is 12.3 Å². The summed E-state index contributed by atoms with van der Waals surface area (Å²) in [6.07, 6.45) is 3.66. The highest BCUT2D eigenvalue weighted by atomic mass is 16.4. The first-order valence-corrected chi connectivity index (χ1v) is 1.64. The van der Waals surface area contributed by atoms with Crippen LogP contribution in [-0.4, -0.2) is 11.4 Å². The number of rotatable bonds is 1. The zero-order valence-corrected chi connectivity index (χ0v) is 3.57. The molecule has 1 N–H and O–H groups in total. The van der Waals surface area contributed by atoms with Crippen LogP contribution < -0.4 is 0 Å². The first-order chi connectivity index (χ1) is 3.41. The number of hydrogen-bond acceptors (Lipinski definition) is 3. The minimum absolute atomic E-state index is 1.11. The monoisotopic (exact) mass is 96.0 g/mol. The summed E-state index contributed by atoms with van der Waals surface area (Å²) in [6.45, 7) is 0. The van der Waals surface area contributed by atoms with Gasteiger partial charge in [0.1, 0.15) is 0 Å². The minimum atomic E-state index is 1.11. The molecule has 0 aliphatic heterocycles. The van der Waals surface area contributed by atoms with Crippen LogP contribution in [0.5, 0.6) is 0 Å². The Morgan fingerprint density at radius 1 is 1.71 bits per heavy atom. The van der Waals surface area contributed by atoms with Crippen LogP contribution in [0.15, 0.2) is 17.3 Å². The summed E-state index contributed by atoms with van der Waals surface area (Å²) in [5.74, 6) is 0. The van der Waals surface area contributed by atoms with E-state index in [1.807, 2.05) is 0 Å². The normalized spacial score (nSPS) is 10.1. The fourth-order valence-corrected chi connectivity index (χ4v) is 0.125. The molecule has 3 heteroatoms. The molecular weight excluding hydrogens is 92.1 g/mol. The SMILES string of the molecule is N#C/C=C/C=N\O. The highest BCUT2D eigenvalue weighted by molar-refractivity contribution is 5.70. The smallest absolute Gasteiger partial charge is 0.0912 e. The Morgan fingerprint density at radius 2 is 2.43 bits per heavy atom. The molecular formula is C4H4N2O. The highest BCUT2D eigenvalue weighted by Gasteiger charge is 1.57. The maximum atomic E-state index is 7.81. The lowest BCUT2D eigenvalue weighted by molar-refractivity contribution is 0.322. The van der Waals surface area contributed by atoms with E-state index in [2.05, 4.69) is 5.16 Å². The van der Waals surface area contributed by atoms with Gasteiger partial charge in [0, 0.05) is 6.08 Å². The van der Waals surface area contributed by atoms with Crippen LogP contribution in [0.4, 0.5) is 0 Å². The third-order valence-electron chi connectivity index (χ3n) is 0.323. The van der Waals surface area contributed by atoms with Crippen molar-refractivity contribution in [3.63, 3.8) is 0 Å². The summed E-state index contributed by atoms with van der Waals surface area (Å²) in [7, 11) is 0. The molecule has 0 heterocycles. The number of nitrogens with zero attached hydrogens (tertiary/aromatic N) is 2. The summed E-state index contributed by atoms with van der Waals surface area (Å²) in [5, 5.41) is 18.1. The Kier molecular flexibility index (Phi) is 3.83. The van der Waals surface area contributed by atoms with Gasteiger partial charge in [0.25, 0.3) is 0 Å². The van der Waals surface area contributed by atoms with Crippen molar-refractivity contribution in [2.75, 3.05) is 0 Å². The van der Waals surface area contributed by atoms with E-state index in [-0.39, 0.29) is 0 Å². The Bertz CT molecular complexity index is 120. The van der Waals surface area contributed by atoms with Gasteiger partial charge < -0.3 is 5.21 Å². The van der Waals surface area contributed by atoms with Gasteiger partial charge >= 0.3 is 0 Å². The minimum Gasteiger partial charge on any atom is -0.411 e. The lowest BCUT2D eigenvalue weighted by atomic mass is 10.6. The second-order valence-corrected chi connectivity index (χ2v) is 0.753. The molecule has 0 atom stereocenters. The van der Waals surface area contributed by atoms with Crippen molar-refractivity contribution in [3.8, 4) is 6.07 Å². The Labute approximate surface area is 41.2 Å². The van der Waals surface area contributed by atoms with Crippen LogP contribution in [0.1, 0.15) is 0 Å². The number of hydrogen-bond donors (Lipinski definition) is 1. The molecule has 0 aromatic carbocycles. The Balaban J connectivity index is 3.33. The molecule has 7 heavy (non-hydrogen) atoms. The number of allylic oxidation sites excluding steroid dienone is 2. The van der Waals surface area contributed by atoms with E-state index in [9.17, 15) is 0 Å². The second kappa shape index (κ2) is 4.70. The van der Waals surface area contributed by atoms with Gasteiger partial charge in [0.2, 0.25) is 0 Å². The zero-order valence-electron chi connectivity index (χ0n) is 3.57. The van der Waals surface area contributed by atoms with Crippen LogP contribution in [0, 0.1) is 11.3 Å². The predicted octanol–water partition coefficient (Wildman–Crippen LogP) is 0.526. The third-order valence-corrected chi connectivity index (χ3v) is 0.323. The maximum absolute atomic E-state index is 7.81. The summed E-state index contributed by atoms with van der Waals surface area (Å²) in [5.41, 5.74) is 0. The standard InChI is InChI=1S/C4H4N2O/c5-3-1-2-4-6-7/h1-2,4,7H/b2-1+,6-4-. The fraction of sp³-hybridized carbons (Fsp3) is 0. The lowest BCUT2D eigenvalue weighted by Gasteiger charge is -1.61.